The topological polar surface area (TPSA) is 50.4 Å². The van der Waals surface area contributed by atoms with Crippen LogP contribution in [0.25, 0.3) is 0 Å². The van der Waals surface area contributed by atoms with Crippen LogP contribution in [-0.2, 0) is 11.3 Å². The fourth-order valence-electron chi connectivity index (χ4n) is 1.57. The van der Waals surface area contributed by atoms with Crippen molar-refractivity contribution in [2.75, 3.05) is 13.1 Å². The van der Waals surface area contributed by atoms with Gasteiger partial charge in [0.1, 0.15) is 5.75 Å². The lowest BCUT2D eigenvalue weighted by Gasteiger charge is -2.14. The molecular formula is C14H22N2O2. The second-order valence-electron chi connectivity index (χ2n) is 4.43. The van der Waals surface area contributed by atoms with Gasteiger partial charge in [-0.3, -0.25) is 4.79 Å². The molecule has 4 nitrogen and oxygen atoms in total. The first-order chi connectivity index (χ1) is 8.59. The molecule has 1 aromatic rings. The monoisotopic (exact) mass is 250 g/mol. The molecule has 0 atom stereocenters. The molecule has 0 saturated carbocycles. The van der Waals surface area contributed by atoms with Crippen molar-refractivity contribution < 1.29 is 9.53 Å². The van der Waals surface area contributed by atoms with Gasteiger partial charge in [-0.05, 0) is 19.9 Å². The molecular weight excluding hydrogens is 228 g/mol. The highest BCUT2D eigenvalue weighted by Crippen LogP contribution is 2.18. The first-order valence-electron chi connectivity index (χ1n) is 6.29. The predicted molar refractivity (Wildman–Crippen MR) is 72.6 cm³/mol. The molecule has 0 unspecified atom stereocenters. The Hall–Kier alpha value is -1.55. The van der Waals surface area contributed by atoms with Gasteiger partial charge >= 0.3 is 0 Å². The van der Waals surface area contributed by atoms with Gasteiger partial charge in [-0.25, -0.2) is 0 Å². The number of hydrogen-bond acceptors (Lipinski definition) is 3. The third-order valence-electron chi connectivity index (χ3n) is 2.33. The van der Waals surface area contributed by atoms with E-state index in [9.17, 15) is 4.79 Å². The van der Waals surface area contributed by atoms with Crippen molar-refractivity contribution in [2.24, 2.45) is 0 Å². The molecule has 2 N–H and O–H groups in total. The number of ether oxygens (including phenoxy) is 1. The van der Waals surface area contributed by atoms with E-state index in [0.29, 0.717) is 6.54 Å². The van der Waals surface area contributed by atoms with Crippen LogP contribution in [0.4, 0.5) is 0 Å². The van der Waals surface area contributed by atoms with Crippen molar-refractivity contribution in [3.05, 3.63) is 29.8 Å². The molecule has 0 aliphatic heterocycles. The minimum atomic E-state index is 0.000316. The SMILES string of the molecule is CC(=O)NCCNCc1ccccc1OC(C)C. The van der Waals surface area contributed by atoms with Crippen LogP contribution in [0.15, 0.2) is 24.3 Å². The van der Waals surface area contributed by atoms with E-state index in [1.165, 1.54) is 6.92 Å². The molecule has 100 valence electrons. The highest BCUT2D eigenvalue weighted by atomic mass is 16.5. The number of para-hydroxylation sites is 1. The summed E-state index contributed by atoms with van der Waals surface area (Å²) in [4.78, 5) is 10.7. The third-order valence-corrected chi connectivity index (χ3v) is 2.33. The van der Waals surface area contributed by atoms with Gasteiger partial charge in [-0.1, -0.05) is 18.2 Å². The Kier molecular flexibility index (Phi) is 6.22. The fourth-order valence-corrected chi connectivity index (χ4v) is 1.57. The molecule has 18 heavy (non-hydrogen) atoms. The number of rotatable bonds is 7. The van der Waals surface area contributed by atoms with Crippen molar-refractivity contribution in [2.45, 2.75) is 33.4 Å². The molecule has 1 aromatic carbocycles. The smallest absolute Gasteiger partial charge is 0.216 e. The lowest BCUT2D eigenvalue weighted by Crippen LogP contribution is -2.30. The van der Waals surface area contributed by atoms with Crippen molar-refractivity contribution >= 4 is 5.91 Å². The minimum absolute atomic E-state index is 0.000316. The molecule has 0 radical (unpaired) electrons. The van der Waals surface area contributed by atoms with Crippen LogP contribution in [0, 0.1) is 0 Å². The van der Waals surface area contributed by atoms with Gasteiger partial charge in [-0.2, -0.15) is 0 Å². The zero-order valence-electron chi connectivity index (χ0n) is 11.3. The molecule has 0 aromatic heterocycles. The molecule has 1 amide bonds. The Labute approximate surface area is 109 Å². The maximum absolute atomic E-state index is 10.7. The maximum atomic E-state index is 10.7. The van der Waals surface area contributed by atoms with E-state index >= 15 is 0 Å². The zero-order chi connectivity index (χ0) is 13.4. The van der Waals surface area contributed by atoms with Crippen LogP contribution in [-0.4, -0.2) is 25.1 Å². The molecule has 0 fully saturated rings. The quantitative estimate of drug-likeness (QED) is 0.724. The number of amides is 1. The van der Waals surface area contributed by atoms with Gasteiger partial charge in [0.15, 0.2) is 0 Å². The highest BCUT2D eigenvalue weighted by molar-refractivity contribution is 5.72. The van der Waals surface area contributed by atoms with E-state index in [4.69, 9.17) is 4.74 Å². The Balaban J connectivity index is 2.39. The first kappa shape index (κ1) is 14.5. The number of benzene rings is 1. The van der Waals surface area contributed by atoms with E-state index in [0.717, 1.165) is 24.4 Å². The van der Waals surface area contributed by atoms with Crippen LogP contribution in [0.2, 0.25) is 0 Å². The van der Waals surface area contributed by atoms with Crippen molar-refractivity contribution in [3.8, 4) is 5.75 Å². The van der Waals surface area contributed by atoms with Gasteiger partial charge < -0.3 is 15.4 Å². The maximum Gasteiger partial charge on any atom is 0.216 e. The largest absolute Gasteiger partial charge is 0.491 e. The van der Waals surface area contributed by atoms with Gasteiger partial charge in [0, 0.05) is 32.1 Å². The molecule has 0 spiro atoms. The average Bonchev–Trinajstić information content (AvgIpc) is 2.29. The summed E-state index contributed by atoms with van der Waals surface area (Å²) in [5, 5.41) is 6.02. The molecule has 0 aliphatic rings. The summed E-state index contributed by atoms with van der Waals surface area (Å²) in [6.07, 6.45) is 0.172. The molecule has 1 rings (SSSR count). The van der Waals surface area contributed by atoms with Crippen molar-refractivity contribution in [1.82, 2.24) is 10.6 Å². The Bertz CT molecular complexity index is 378. The van der Waals surface area contributed by atoms with E-state index in [-0.39, 0.29) is 12.0 Å². The second kappa shape index (κ2) is 7.71. The van der Waals surface area contributed by atoms with Crippen LogP contribution >= 0.6 is 0 Å². The second-order valence-corrected chi connectivity index (χ2v) is 4.43. The number of hydrogen-bond donors (Lipinski definition) is 2. The average molecular weight is 250 g/mol. The van der Waals surface area contributed by atoms with Crippen molar-refractivity contribution in [1.29, 1.82) is 0 Å². The number of nitrogens with one attached hydrogen (secondary N) is 2. The lowest BCUT2D eigenvalue weighted by molar-refractivity contribution is -0.118. The number of carbonyl (C=O) groups excluding carboxylic acids is 1. The Morgan fingerprint density at radius 2 is 2.00 bits per heavy atom. The summed E-state index contributed by atoms with van der Waals surface area (Å²) < 4.78 is 5.73. The van der Waals surface area contributed by atoms with Gasteiger partial charge in [-0.15, -0.1) is 0 Å². The highest BCUT2D eigenvalue weighted by Gasteiger charge is 2.04. The van der Waals surface area contributed by atoms with E-state index < -0.39 is 0 Å². The molecule has 0 saturated heterocycles. The van der Waals surface area contributed by atoms with Gasteiger partial charge in [0.25, 0.3) is 0 Å². The van der Waals surface area contributed by atoms with Gasteiger partial charge in [0.2, 0.25) is 5.91 Å². The number of carbonyl (C=O) groups is 1. The van der Waals surface area contributed by atoms with E-state index in [1.54, 1.807) is 0 Å². The third kappa shape index (κ3) is 5.68. The Morgan fingerprint density at radius 3 is 2.67 bits per heavy atom. The van der Waals surface area contributed by atoms with Crippen molar-refractivity contribution in [3.63, 3.8) is 0 Å². The summed E-state index contributed by atoms with van der Waals surface area (Å²) in [7, 11) is 0. The zero-order valence-corrected chi connectivity index (χ0v) is 11.3. The Morgan fingerprint density at radius 1 is 1.28 bits per heavy atom. The summed E-state index contributed by atoms with van der Waals surface area (Å²) in [6.45, 7) is 7.67. The lowest BCUT2D eigenvalue weighted by atomic mass is 10.2. The molecule has 4 heteroatoms. The normalized spacial score (nSPS) is 10.4. The first-order valence-corrected chi connectivity index (χ1v) is 6.29. The van der Waals surface area contributed by atoms with Gasteiger partial charge in [0.05, 0.1) is 6.10 Å². The minimum Gasteiger partial charge on any atom is -0.491 e. The fraction of sp³-hybridized carbons (Fsp3) is 0.500. The molecule has 0 heterocycles. The standard InChI is InChI=1S/C14H22N2O2/c1-11(2)18-14-7-5-4-6-13(14)10-15-8-9-16-12(3)17/h4-7,11,15H,8-10H2,1-3H3,(H,16,17). The summed E-state index contributed by atoms with van der Waals surface area (Å²) >= 11 is 0. The van der Waals surface area contributed by atoms with Crippen LogP contribution in [0.3, 0.4) is 0 Å². The van der Waals surface area contributed by atoms with Crippen LogP contribution in [0.1, 0.15) is 26.3 Å². The molecule has 0 aliphatic carbocycles. The predicted octanol–water partition coefficient (Wildman–Crippen LogP) is 1.70. The summed E-state index contributed by atoms with van der Waals surface area (Å²) in [5.74, 6) is 0.917. The van der Waals surface area contributed by atoms with Crippen LogP contribution in [0.5, 0.6) is 5.75 Å². The van der Waals surface area contributed by atoms with E-state index in [1.807, 2.05) is 38.1 Å². The van der Waals surface area contributed by atoms with Crippen LogP contribution < -0.4 is 15.4 Å². The van der Waals surface area contributed by atoms with E-state index in [2.05, 4.69) is 10.6 Å². The summed E-state index contributed by atoms with van der Waals surface area (Å²) in [5.41, 5.74) is 1.13. The summed E-state index contributed by atoms with van der Waals surface area (Å²) in [6, 6.07) is 7.99. The molecule has 0 bridgehead atoms.